The van der Waals surface area contributed by atoms with Crippen LogP contribution in [0, 0.1) is 0 Å². The minimum absolute atomic E-state index is 0.0252. The van der Waals surface area contributed by atoms with Gasteiger partial charge in [0.2, 0.25) is 5.82 Å². The number of aryl methyl sites for hydroxylation is 1. The maximum absolute atomic E-state index is 14.1. The molecule has 9 nitrogen and oxygen atoms in total. The number of ether oxygens (including phenoxy) is 3. The summed E-state index contributed by atoms with van der Waals surface area (Å²) in [7, 11) is 0.146. The van der Waals surface area contributed by atoms with Crippen LogP contribution in [-0.2, 0) is 27.9 Å². The third kappa shape index (κ3) is 4.86. The average molecular weight is 577 g/mol. The number of anilines is 1. The number of methoxy groups -OCH3 is 3. The van der Waals surface area contributed by atoms with Crippen LogP contribution in [0.3, 0.4) is 0 Å². The number of rotatable bonds is 10. The first-order valence-electron chi connectivity index (χ1n) is 10.9. The lowest BCUT2D eigenvalue weighted by molar-refractivity contribution is 0.130. The molecule has 3 aromatic carbocycles. The SMILES string of the molecule is CCc1ccc(OC)c(S(=O)(=O)N(OCc2ccc(OC)cc2OC)c2noc3c(Br)cccc23)c1. The van der Waals surface area contributed by atoms with Gasteiger partial charge in [-0.25, -0.2) is 0 Å². The second kappa shape index (κ2) is 10.8. The van der Waals surface area contributed by atoms with Gasteiger partial charge in [0.05, 0.1) is 31.2 Å². The van der Waals surface area contributed by atoms with Crippen LogP contribution in [0.2, 0.25) is 0 Å². The zero-order valence-corrected chi connectivity index (χ0v) is 22.6. The van der Waals surface area contributed by atoms with Crippen molar-refractivity contribution in [2.45, 2.75) is 24.8 Å². The smallest absolute Gasteiger partial charge is 0.292 e. The Bertz CT molecular complexity index is 1490. The maximum Gasteiger partial charge on any atom is 0.292 e. The number of halogens is 1. The van der Waals surface area contributed by atoms with Crippen molar-refractivity contribution in [3.8, 4) is 17.2 Å². The van der Waals surface area contributed by atoms with E-state index in [-0.39, 0.29) is 23.1 Å². The number of para-hydroxylation sites is 1. The van der Waals surface area contributed by atoms with Gasteiger partial charge in [0.25, 0.3) is 10.0 Å². The van der Waals surface area contributed by atoms with Gasteiger partial charge in [0, 0.05) is 11.6 Å². The molecule has 190 valence electrons. The molecule has 0 spiro atoms. The van der Waals surface area contributed by atoms with Gasteiger partial charge < -0.3 is 18.7 Å². The molecule has 0 N–H and O–H groups in total. The number of fused-ring (bicyclic) bond motifs is 1. The summed E-state index contributed by atoms with van der Waals surface area (Å²) in [6.07, 6.45) is 0.635. The summed E-state index contributed by atoms with van der Waals surface area (Å²) >= 11 is 3.41. The van der Waals surface area contributed by atoms with Crippen molar-refractivity contribution in [2.75, 3.05) is 25.8 Å². The van der Waals surface area contributed by atoms with Gasteiger partial charge in [-0.3, -0.25) is 4.84 Å². The molecule has 0 unspecified atom stereocenters. The summed E-state index contributed by atoms with van der Waals surface area (Å²) in [5, 5.41) is 4.50. The molecule has 0 atom stereocenters. The van der Waals surface area contributed by atoms with Crippen molar-refractivity contribution in [3.05, 3.63) is 70.2 Å². The minimum atomic E-state index is -4.32. The summed E-state index contributed by atoms with van der Waals surface area (Å²) in [4.78, 5) is 5.90. The monoisotopic (exact) mass is 576 g/mol. The third-order valence-electron chi connectivity index (χ3n) is 5.57. The van der Waals surface area contributed by atoms with Crippen molar-refractivity contribution in [3.63, 3.8) is 0 Å². The van der Waals surface area contributed by atoms with Gasteiger partial charge in [-0.2, -0.15) is 8.42 Å². The number of sulfonamides is 1. The van der Waals surface area contributed by atoms with Crippen LogP contribution in [0.4, 0.5) is 5.82 Å². The van der Waals surface area contributed by atoms with Crippen LogP contribution in [-0.4, -0.2) is 34.9 Å². The van der Waals surface area contributed by atoms with Crippen LogP contribution < -0.4 is 18.7 Å². The molecular weight excluding hydrogens is 552 g/mol. The molecule has 0 saturated carbocycles. The Morgan fingerprint density at radius 1 is 0.972 bits per heavy atom. The van der Waals surface area contributed by atoms with Crippen molar-refractivity contribution in [2.24, 2.45) is 0 Å². The van der Waals surface area contributed by atoms with Gasteiger partial charge >= 0.3 is 0 Å². The zero-order chi connectivity index (χ0) is 25.9. The Kier molecular flexibility index (Phi) is 7.72. The largest absolute Gasteiger partial charge is 0.497 e. The molecule has 1 aromatic heterocycles. The highest BCUT2D eigenvalue weighted by atomic mass is 79.9. The topological polar surface area (TPSA) is 100 Å². The molecule has 0 fully saturated rings. The van der Waals surface area contributed by atoms with Crippen molar-refractivity contribution < 1.29 is 32.0 Å². The van der Waals surface area contributed by atoms with Gasteiger partial charge in [0.15, 0.2) is 5.58 Å². The van der Waals surface area contributed by atoms with E-state index in [2.05, 4.69) is 21.1 Å². The van der Waals surface area contributed by atoms with Gasteiger partial charge in [-0.05, 0) is 64.3 Å². The summed E-state index contributed by atoms with van der Waals surface area (Å²) in [5.74, 6) is 1.22. The number of nitrogens with zero attached hydrogens (tertiary/aromatic N) is 2. The van der Waals surface area contributed by atoms with Gasteiger partial charge in [-0.1, -0.05) is 24.2 Å². The highest BCUT2D eigenvalue weighted by Crippen LogP contribution is 2.37. The van der Waals surface area contributed by atoms with Crippen LogP contribution in [0.15, 0.2) is 68.5 Å². The van der Waals surface area contributed by atoms with Gasteiger partial charge in [0.1, 0.15) is 28.8 Å². The fraction of sp³-hybridized carbons (Fsp3) is 0.240. The van der Waals surface area contributed by atoms with E-state index in [1.165, 1.54) is 14.2 Å². The Morgan fingerprint density at radius 2 is 1.75 bits per heavy atom. The normalized spacial score (nSPS) is 11.5. The zero-order valence-electron chi connectivity index (χ0n) is 20.1. The third-order valence-corrected chi connectivity index (χ3v) is 7.78. The molecule has 4 aromatic rings. The molecule has 0 aliphatic carbocycles. The Hall–Kier alpha value is -3.28. The first-order chi connectivity index (χ1) is 17.3. The fourth-order valence-corrected chi connectivity index (χ4v) is 5.50. The summed E-state index contributed by atoms with van der Waals surface area (Å²) in [6.45, 7) is 1.79. The lowest BCUT2D eigenvalue weighted by Crippen LogP contribution is -2.32. The summed E-state index contributed by atoms with van der Waals surface area (Å²) in [5.41, 5.74) is 1.80. The van der Waals surface area contributed by atoms with Gasteiger partial charge in [-0.15, -0.1) is 4.47 Å². The van der Waals surface area contributed by atoms with E-state index in [1.54, 1.807) is 55.6 Å². The number of hydrogen-bond donors (Lipinski definition) is 0. The van der Waals surface area contributed by atoms with Crippen LogP contribution in [0.25, 0.3) is 11.0 Å². The number of benzene rings is 3. The molecular formula is C25H25BrN2O7S. The molecule has 0 bridgehead atoms. The lowest BCUT2D eigenvalue weighted by Gasteiger charge is -2.23. The molecule has 0 radical (unpaired) electrons. The van der Waals surface area contributed by atoms with E-state index >= 15 is 0 Å². The van der Waals surface area contributed by atoms with E-state index in [9.17, 15) is 8.42 Å². The van der Waals surface area contributed by atoms with Crippen molar-refractivity contribution >= 4 is 42.7 Å². The summed E-state index contributed by atoms with van der Waals surface area (Å²) < 4.78 is 51.1. The average Bonchev–Trinajstić information content (AvgIpc) is 3.33. The molecule has 4 rings (SSSR count). The lowest BCUT2D eigenvalue weighted by atomic mass is 10.2. The Morgan fingerprint density at radius 3 is 2.44 bits per heavy atom. The van der Waals surface area contributed by atoms with E-state index in [0.717, 1.165) is 10.0 Å². The second-order valence-corrected chi connectivity index (χ2v) is 10.2. The fourth-order valence-electron chi connectivity index (χ4n) is 3.62. The van der Waals surface area contributed by atoms with Crippen LogP contribution in [0.1, 0.15) is 18.1 Å². The quantitative estimate of drug-likeness (QED) is 0.228. The van der Waals surface area contributed by atoms with Crippen LogP contribution >= 0.6 is 15.9 Å². The van der Waals surface area contributed by atoms with E-state index in [4.69, 9.17) is 23.6 Å². The number of aromatic nitrogens is 1. The van der Waals surface area contributed by atoms with E-state index < -0.39 is 10.0 Å². The van der Waals surface area contributed by atoms with E-state index in [1.807, 2.05) is 13.0 Å². The highest BCUT2D eigenvalue weighted by molar-refractivity contribution is 9.10. The van der Waals surface area contributed by atoms with Crippen molar-refractivity contribution in [1.29, 1.82) is 0 Å². The molecule has 1 heterocycles. The second-order valence-electron chi connectivity index (χ2n) is 7.64. The molecule has 0 aliphatic rings. The Labute approximate surface area is 217 Å². The predicted octanol–water partition coefficient (Wildman–Crippen LogP) is 5.51. The highest BCUT2D eigenvalue weighted by Gasteiger charge is 2.34. The minimum Gasteiger partial charge on any atom is -0.497 e. The number of hydrogen-bond acceptors (Lipinski definition) is 8. The molecule has 36 heavy (non-hydrogen) atoms. The first kappa shape index (κ1) is 25.8. The predicted molar refractivity (Wildman–Crippen MR) is 138 cm³/mol. The molecule has 0 aliphatic heterocycles. The Balaban J connectivity index is 1.84. The van der Waals surface area contributed by atoms with Crippen LogP contribution in [0.5, 0.6) is 17.2 Å². The molecule has 11 heteroatoms. The first-order valence-corrected chi connectivity index (χ1v) is 13.2. The molecule has 0 saturated heterocycles. The molecule has 0 amide bonds. The summed E-state index contributed by atoms with van der Waals surface area (Å²) in [6, 6.07) is 15.4. The standard InChI is InChI=1S/C25H25BrN2O7S/c1-5-16-9-12-21(32-3)23(13-16)36(29,30)28(25-19-7-6-8-20(26)24(19)35-27-25)34-15-17-10-11-18(31-2)14-22(17)33-4/h6-14H,5,15H2,1-4H3. The van der Waals surface area contributed by atoms with Crippen molar-refractivity contribution in [1.82, 2.24) is 5.16 Å². The van der Waals surface area contributed by atoms with E-state index in [0.29, 0.717) is 38.9 Å². The maximum atomic E-state index is 14.1.